The maximum Gasteiger partial charge on any atom is 1.00 e. The Morgan fingerprint density at radius 1 is 1.33 bits per heavy atom. The SMILES string of the molecule is CCCN(CCC)C(=S)SC/C=C\S(=O)(=O)[O-].[K+]. The smallest absolute Gasteiger partial charge is 0.744 e. The van der Waals surface area contributed by atoms with E-state index in [2.05, 4.69) is 18.7 Å². The number of nitrogens with zero attached hydrogens (tertiary/aromatic N) is 1. The van der Waals surface area contributed by atoms with Crippen molar-refractivity contribution in [3.05, 3.63) is 11.5 Å². The van der Waals surface area contributed by atoms with Gasteiger partial charge in [0.05, 0.1) is 0 Å². The summed E-state index contributed by atoms with van der Waals surface area (Å²) in [5.74, 6) is 0.407. The molecule has 0 N–H and O–H groups in total. The summed E-state index contributed by atoms with van der Waals surface area (Å²) in [6.07, 6.45) is 3.37. The zero-order valence-electron chi connectivity index (χ0n) is 11.1. The van der Waals surface area contributed by atoms with Crippen molar-refractivity contribution in [2.24, 2.45) is 0 Å². The van der Waals surface area contributed by atoms with E-state index in [1.54, 1.807) is 0 Å². The predicted octanol–water partition coefficient (Wildman–Crippen LogP) is -0.811. The molecule has 18 heavy (non-hydrogen) atoms. The molecular weight excluding hydrogens is 317 g/mol. The summed E-state index contributed by atoms with van der Waals surface area (Å²) in [5, 5.41) is 0.673. The maximum atomic E-state index is 10.3. The van der Waals surface area contributed by atoms with Crippen LogP contribution in [0.4, 0.5) is 0 Å². The molecule has 0 unspecified atom stereocenters. The number of hydrogen-bond donors (Lipinski definition) is 0. The van der Waals surface area contributed by atoms with Gasteiger partial charge in [0.1, 0.15) is 14.4 Å². The van der Waals surface area contributed by atoms with E-state index in [0.29, 0.717) is 11.2 Å². The van der Waals surface area contributed by atoms with E-state index in [9.17, 15) is 13.0 Å². The van der Waals surface area contributed by atoms with Crippen LogP contribution in [0.15, 0.2) is 11.5 Å². The first kappa shape index (κ1) is 21.8. The summed E-state index contributed by atoms with van der Waals surface area (Å²) in [6.45, 7) is 5.98. The largest absolute Gasteiger partial charge is 1.00 e. The molecule has 0 radical (unpaired) electrons. The molecular formula is C10H18KNO3S3. The Balaban J connectivity index is 0. The average Bonchev–Trinajstić information content (AvgIpc) is 2.22. The molecule has 0 saturated carbocycles. The fourth-order valence-corrected chi connectivity index (χ4v) is 2.74. The molecule has 8 heteroatoms. The number of hydrogen-bond acceptors (Lipinski definition) is 5. The summed E-state index contributed by atoms with van der Waals surface area (Å²) < 4.78 is 31.7. The van der Waals surface area contributed by atoms with Crippen molar-refractivity contribution in [1.29, 1.82) is 0 Å². The molecule has 0 aliphatic heterocycles. The topological polar surface area (TPSA) is 60.4 Å². The summed E-state index contributed by atoms with van der Waals surface area (Å²) in [4.78, 5) is 2.10. The van der Waals surface area contributed by atoms with Gasteiger partial charge < -0.3 is 9.45 Å². The minimum absolute atomic E-state index is 0. The minimum atomic E-state index is -4.26. The van der Waals surface area contributed by atoms with Crippen LogP contribution in [-0.4, -0.2) is 41.0 Å². The molecule has 100 valence electrons. The Morgan fingerprint density at radius 3 is 2.22 bits per heavy atom. The Labute approximate surface area is 162 Å². The van der Waals surface area contributed by atoms with Crippen molar-refractivity contribution in [2.75, 3.05) is 18.8 Å². The van der Waals surface area contributed by atoms with E-state index in [1.165, 1.54) is 17.8 Å². The molecule has 0 fully saturated rings. The van der Waals surface area contributed by atoms with Crippen molar-refractivity contribution in [2.45, 2.75) is 26.7 Å². The first-order valence-electron chi connectivity index (χ1n) is 5.44. The van der Waals surface area contributed by atoms with Crippen molar-refractivity contribution in [1.82, 2.24) is 4.90 Å². The van der Waals surface area contributed by atoms with Gasteiger partial charge in [0.25, 0.3) is 0 Å². The van der Waals surface area contributed by atoms with Gasteiger partial charge in [-0.25, -0.2) is 8.42 Å². The quantitative estimate of drug-likeness (QED) is 0.344. The van der Waals surface area contributed by atoms with Crippen LogP contribution < -0.4 is 51.4 Å². The fourth-order valence-electron chi connectivity index (χ4n) is 1.20. The van der Waals surface area contributed by atoms with Gasteiger partial charge in [-0.3, -0.25) is 0 Å². The van der Waals surface area contributed by atoms with Crippen LogP contribution in [0, 0.1) is 0 Å². The van der Waals surface area contributed by atoms with Crippen LogP contribution in [0.2, 0.25) is 0 Å². The van der Waals surface area contributed by atoms with Crippen molar-refractivity contribution >= 4 is 38.4 Å². The van der Waals surface area contributed by atoms with Gasteiger partial charge >= 0.3 is 51.4 Å². The van der Waals surface area contributed by atoms with E-state index < -0.39 is 10.1 Å². The van der Waals surface area contributed by atoms with Gasteiger partial charge in [-0.15, -0.1) is 0 Å². The van der Waals surface area contributed by atoms with Crippen LogP contribution in [0.1, 0.15) is 26.7 Å². The number of rotatable bonds is 7. The van der Waals surface area contributed by atoms with Crippen LogP contribution in [0.3, 0.4) is 0 Å². The van der Waals surface area contributed by atoms with Crippen molar-refractivity contribution in [3.63, 3.8) is 0 Å². The summed E-state index contributed by atoms with van der Waals surface area (Å²) >= 11 is 6.61. The van der Waals surface area contributed by atoms with E-state index in [1.807, 2.05) is 0 Å². The number of thioether (sulfide) groups is 1. The zero-order valence-corrected chi connectivity index (χ0v) is 16.7. The molecule has 0 aliphatic rings. The first-order chi connectivity index (χ1) is 7.90. The Hall–Kier alpha value is 1.53. The molecule has 0 bridgehead atoms. The maximum absolute atomic E-state index is 10.3. The fraction of sp³-hybridized carbons (Fsp3) is 0.700. The Kier molecular flexibility index (Phi) is 14.9. The van der Waals surface area contributed by atoms with Crippen molar-refractivity contribution < 1.29 is 64.4 Å². The van der Waals surface area contributed by atoms with E-state index >= 15 is 0 Å². The van der Waals surface area contributed by atoms with E-state index in [4.69, 9.17) is 12.2 Å². The molecule has 0 saturated heterocycles. The molecule has 0 aromatic carbocycles. The molecule has 0 spiro atoms. The third-order valence-corrected chi connectivity index (χ3v) is 3.81. The Morgan fingerprint density at radius 2 is 1.83 bits per heavy atom. The van der Waals surface area contributed by atoms with Gasteiger partial charge in [-0.1, -0.05) is 43.9 Å². The van der Waals surface area contributed by atoms with Gasteiger partial charge in [-0.2, -0.15) is 0 Å². The van der Waals surface area contributed by atoms with Gasteiger partial charge in [0, 0.05) is 24.3 Å². The molecule has 0 aromatic heterocycles. The van der Waals surface area contributed by atoms with Gasteiger partial charge in [0.15, 0.2) is 0 Å². The Bertz CT molecular complexity index is 351. The summed E-state index contributed by atoms with van der Waals surface area (Å²) in [6, 6.07) is 0. The molecule has 0 rings (SSSR count). The minimum Gasteiger partial charge on any atom is -0.744 e. The second-order valence-electron chi connectivity index (χ2n) is 3.43. The van der Waals surface area contributed by atoms with Crippen LogP contribution in [0.5, 0.6) is 0 Å². The molecule has 0 aliphatic carbocycles. The third-order valence-electron chi connectivity index (χ3n) is 1.81. The standard InChI is InChI=1S/C10H19NO3S3.K/c1-3-6-11(7-4-2)10(15)16-8-5-9-17(12,13)14;/h5,9H,3-4,6-8H2,1-2H3,(H,12,13,14);/q;+1/p-1/b9-5-;. The first-order valence-corrected chi connectivity index (χ1v) is 8.31. The van der Waals surface area contributed by atoms with Crippen LogP contribution in [-0.2, 0) is 10.1 Å². The number of thiocarbonyl (C=S) groups is 1. The van der Waals surface area contributed by atoms with Gasteiger partial charge in [-0.05, 0) is 12.8 Å². The van der Waals surface area contributed by atoms with E-state index in [0.717, 1.165) is 30.3 Å². The predicted molar refractivity (Wildman–Crippen MR) is 76.0 cm³/mol. The molecule has 0 amide bonds. The molecule has 0 atom stereocenters. The van der Waals surface area contributed by atoms with Crippen LogP contribution >= 0.6 is 24.0 Å². The summed E-state index contributed by atoms with van der Waals surface area (Å²) in [7, 11) is -4.26. The third kappa shape index (κ3) is 12.6. The normalized spacial score (nSPS) is 11.3. The molecule has 0 heterocycles. The van der Waals surface area contributed by atoms with Crippen molar-refractivity contribution in [3.8, 4) is 0 Å². The summed E-state index contributed by atoms with van der Waals surface area (Å²) in [5.41, 5.74) is 0. The van der Waals surface area contributed by atoms with Crippen LogP contribution in [0.25, 0.3) is 0 Å². The second-order valence-corrected chi connectivity index (χ2v) is 6.34. The zero-order chi connectivity index (χ0) is 13.3. The molecule has 0 aromatic rings. The molecule has 4 nitrogen and oxygen atoms in total. The average molecular weight is 336 g/mol. The second kappa shape index (κ2) is 12.3. The van der Waals surface area contributed by atoms with Gasteiger partial charge in [0.2, 0.25) is 0 Å². The van der Waals surface area contributed by atoms with E-state index in [-0.39, 0.29) is 51.4 Å². The monoisotopic (exact) mass is 335 g/mol.